The summed E-state index contributed by atoms with van der Waals surface area (Å²) in [6.07, 6.45) is 1.04. The third-order valence-corrected chi connectivity index (χ3v) is 1.75. The van der Waals surface area contributed by atoms with Crippen molar-refractivity contribution in [1.82, 2.24) is 10.6 Å². The first-order chi connectivity index (χ1) is 5.33. The third-order valence-electron chi connectivity index (χ3n) is 1.75. The molecule has 4 heteroatoms. The Balaban J connectivity index is 2.06. The monoisotopic (exact) mass is 157 g/mol. The summed E-state index contributed by atoms with van der Waals surface area (Å²) in [4.78, 5) is 10.7. The van der Waals surface area contributed by atoms with Gasteiger partial charge in [0, 0.05) is 19.1 Å². The van der Waals surface area contributed by atoms with Gasteiger partial charge in [-0.3, -0.25) is 4.79 Å². The Morgan fingerprint density at radius 3 is 3.18 bits per heavy atom. The van der Waals surface area contributed by atoms with Crippen LogP contribution in [0.25, 0.3) is 0 Å². The Morgan fingerprint density at radius 2 is 2.64 bits per heavy atom. The van der Waals surface area contributed by atoms with Crippen molar-refractivity contribution in [3.63, 3.8) is 0 Å². The number of carbonyl (C=O) groups is 1. The van der Waals surface area contributed by atoms with Gasteiger partial charge in [0.2, 0.25) is 0 Å². The number of rotatable bonds is 3. The predicted molar refractivity (Wildman–Crippen MR) is 40.3 cm³/mol. The van der Waals surface area contributed by atoms with Gasteiger partial charge in [-0.05, 0) is 6.42 Å². The molecule has 0 amide bonds. The van der Waals surface area contributed by atoms with E-state index in [4.69, 9.17) is 0 Å². The quantitative estimate of drug-likeness (QED) is 0.541. The second-order valence-corrected chi connectivity index (χ2v) is 2.57. The van der Waals surface area contributed by atoms with E-state index in [0.717, 1.165) is 19.5 Å². The normalized spacial score (nSPS) is 23.5. The summed E-state index contributed by atoms with van der Waals surface area (Å²) in [6, 6.07) is 0.383. The standard InChI is InChI=1S/C7H13N2O2/c1-11-7(10)5-9-6-2-3-8-4-6/h6,9H,2-5H2,1H3. The molecule has 1 atom stereocenters. The van der Waals surface area contributed by atoms with Gasteiger partial charge in [0.1, 0.15) is 0 Å². The summed E-state index contributed by atoms with van der Waals surface area (Å²) >= 11 is 0. The molecule has 0 aromatic carbocycles. The second kappa shape index (κ2) is 4.31. The molecule has 1 heterocycles. The van der Waals surface area contributed by atoms with Crippen LogP contribution in [0.5, 0.6) is 0 Å². The van der Waals surface area contributed by atoms with E-state index in [0.29, 0.717) is 12.6 Å². The number of hydrogen-bond donors (Lipinski definition) is 1. The maximum Gasteiger partial charge on any atom is 0.319 e. The Hall–Kier alpha value is -0.610. The van der Waals surface area contributed by atoms with Gasteiger partial charge in [0.15, 0.2) is 0 Å². The first kappa shape index (κ1) is 8.49. The van der Waals surface area contributed by atoms with Crippen LogP contribution >= 0.6 is 0 Å². The number of ether oxygens (including phenoxy) is 1. The van der Waals surface area contributed by atoms with Gasteiger partial charge >= 0.3 is 5.97 Å². The average molecular weight is 157 g/mol. The van der Waals surface area contributed by atoms with Crippen LogP contribution in [0, 0.1) is 0 Å². The number of hydrogen-bond acceptors (Lipinski definition) is 3. The van der Waals surface area contributed by atoms with Gasteiger partial charge in [0.05, 0.1) is 13.7 Å². The largest absolute Gasteiger partial charge is 0.468 e. The van der Waals surface area contributed by atoms with Crippen molar-refractivity contribution in [1.29, 1.82) is 0 Å². The minimum Gasteiger partial charge on any atom is -0.468 e. The first-order valence-corrected chi connectivity index (χ1v) is 3.76. The van der Waals surface area contributed by atoms with Crippen LogP contribution in [0.3, 0.4) is 0 Å². The molecule has 1 aliphatic heterocycles. The van der Waals surface area contributed by atoms with Crippen molar-refractivity contribution in [3.05, 3.63) is 0 Å². The van der Waals surface area contributed by atoms with E-state index in [2.05, 4.69) is 15.4 Å². The lowest BCUT2D eigenvalue weighted by Gasteiger charge is -2.08. The molecular weight excluding hydrogens is 144 g/mol. The highest BCUT2D eigenvalue weighted by molar-refractivity contribution is 5.71. The Bertz CT molecular complexity index is 132. The topological polar surface area (TPSA) is 52.4 Å². The average Bonchev–Trinajstić information content (AvgIpc) is 2.52. The van der Waals surface area contributed by atoms with E-state index >= 15 is 0 Å². The molecule has 0 aromatic heterocycles. The molecule has 0 spiro atoms. The van der Waals surface area contributed by atoms with Crippen molar-refractivity contribution in [3.8, 4) is 0 Å². The molecule has 1 N–H and O–H groups in total. The molecule has 1 rings (SSSR count). The highest BCUT2D eigenvalue weighted by Gasteiger charge is 2.15. The summed E-state index contributed by atoms with van der Waals surface area (Å²) in [7, 11) is 1.39. The van der Waals surface area contributed by atoms with Crippen LogP contribution in [0.2, 0.25) is 0 Å². The van der Waals surface area contributed by atoms with E-state index in [1.807, 2.05) is 0 Å². The summed E-state index contributed by atoms with van der Waals surface area (Å²) in [5.41, 5.74) is 0. The fourth-order valence-electron chi connectivity index (χ4n) is 1.05. The van der Waals surface area contributed by atoms with Gasteiger partial charge in [0.25, 0.3) is 0 Å². The number of esters is 1. The minimum absolute atomic E-state index is 0.211. The summed E-state index contributed by atoms with van der Waals surface area (Å²) in [5, 5.41) is 7.22. The van der Waals surface area contributed by atoms with Crippen molar-refractivity contribution in [2.24, 2.45) is 0 Å². The second-order valence-electron chi connectivity index (χ2n) is 2.57. The van der Waals surface area contributed by atoms with Crippen LogP contribution < -0.4 is 10.6 Å². The highest BCUT2D eigenvalue weighted by Crippen LogP contribution is 1.97. The number of nitrogens with zero attached hydrogens (tertiary/aromatic N) is 1. The lowest BCUT2D eigenvalue weighted by Crippen LogP contribution is -2.34. The van der Waals surface area contributed by atoms with Gasteiger partial charge in [-0.15, -0.1) is 0 Å². The van der Waals surface area contributed by atoms with E-state index in [1.54, 1.807) is 0 Å². The molecule has 0 saturated carbocycles. The molecule has 1 fully saturated rings. The molecule has 0 bridgehead atoms. The highest BCUT2D eigenvalue weighted by atomic mass is 16.5. The number of nitrogens with one attached hydrogen (secondary N) is 1. The van der Waals surface area contributed by atoms with E-state index < -0.39 is 0 Å². The molecule has 0 aromatic rings. The minimum atomic E-state index is -0.211. The summed E-state index contributed by atoms with van der Waals surface area (Å²) < 4.78 is 4.48. The lowest BCUT2D eigenvalue weighted by molar-refractivity contribution is -0.139. The third kappa shape index (κ3) is 2.86. The molecule has 1 aliphatic rings. The maximum atomic E-state index is 10.7. The fraction of sp³-hybridized carbons (Fsp3) is 0.857. The molecule has 1 radical (unpaired) electrons. The molecule has 11 heavy (non-hydrogen) atoms. The van der Waals surface area contributed by atoms with E-state index in [1.165, 1.54) is 7.11 Å². The lowest BCUT2D eigenvalue weighted by atomic mass is 10.3. The SMILES string of the molecule is COC(=O)CNC1CC[N]C1. The van der Waals surface area contributed by atoms with Gasteiger partial charge in [-0.2, -0.15) is 0 Å². The van der Waals surface area contributed by atoms with Gasteiger partial charge in [-0.25, -0.2) is 5.32 Å². The molecular formula is C7H13N2O2. The smallest absolute Gasteiger partial charge is 0.319 e. The van der Waals surface area contributed by atoms with Crippen molar-refractivity contribution < 1.29 is 9.53 Å². The van der Waals surface area contributed by atoms with Crippen LogP contribution in [-0.2, 0) is 9.53 Å². The van der Waals surface area contributed by atoms with Crippen LogP contribution in [0.4, 0.5) is 0 Å². The molecule has 0 aliphatic carbocycles. The van der Waals surface area contributed by atoms with Crippen LogP contribution in [0.15, 0.2) is 0 Å². The summed E-state index contributed by atoms with van der Waals surface area (Å²) in [6.45, 7) is 2.05. The van der Waals surface area contributed by atoms with Crippen molar-refractivity contribution >= 4 is 5.97 Å². The van der Waals surface area contributed by atoms with Crippen LogP contribution in [-0.4, -0.2) is 38.8 Å². The molecule has 1 unspecified atom stereocenters. The number of carbonyl (C=O) groups excluding carboxylic acids is 1. The zero-order chi connectivity index (χ0) is 8.10. The maximum absolute atomic E-state index is 10.7. The summed E-state index contributed by atoms with van der Waals surface area (Å²) in [5.74, 6) is -0.211. The van der Waals surface area contributed by atoms with E-state index in [-0.39, 0.29) is 5.97 Å². The predicted octanol–water partition coefficient (Wildman–Crippen LogP) is -0.874. The molecule has 63 valence electrons. The van der Waals surface area contributed by atoms with Gasteiger partial charge in [-0.1, -0.05) is 0 Å². The molecule has 1 saturated heterocycles. The zero-order valence-corrected chi connectivity index (χ0v) is 6.67. The number of methoxy groups -OCH3 is 1. The zero-order valence-electron chi connectivity index (χ0n) is 6.67. The Morgan fingerprint density at radius 1 is 1.82 bits per heavy atom. The van der Waals surface area contributed by atoms with E-state index in [9.17, 15) is 4.79 Å². The first-order valence-electron chi connectivity index (χ1n) is 3.76. The Kier molecular flexibility index (Phi) is 3.32. The van der Waals surface area contributed by atoms with Crippen LogP contribution in [0.1, 0.15) is 6.42 Å². The van der Waals surface area contributed by atoms with Crippen molar-refractivity contribution in [2.75, 3.05) is 26.7 Å². The van der Waals surface area contributed by atoms with Crippen molar-refractivity contribution in [2.45, 2.75) is 12.5 Å². The van der Waals surface area contributed by atoms with Gasteiger partial charge < -0.3 is 10.1 Å². The Labute approximate surface area is 66.3 Å². The fourth-order valence-corrected chi connectivity index (χ4v) is 1.05. The molecule has 4 nitrogen and oxygen atoms in total.